The van der Waals surface area contributed by atoms with Crippen molar-refractivity contribution in [2.24, 2.45) is 0 Å². The van der Waals surface area contributed by atoms with Gasteiger partial charge in [-0.05, 0) is 50.6 Å². The Labute approximate surface area is 132 Å². The molecule has 0 fully saturated rings. The van der Waals surface area contributed by atoms with Crippen molar-refractivity contribution in [2.45, 2.75) is 20.8 Å². The Morgan fingerprint density at radius 2 is 1.91 bits per heavy atom. The number of hydrogen-bond acceptors (Lipinski definition) is 6. The van der Waals surface area contributed by atoms with Gasteiger partial charge in [-0.25, -0.2) is 15.0 Å². The number of benzene rings is 1. The second kappa shape index (κ2) is 5.73. The van der Waals surface area contributed by atoms with E-state index in [0.29, 0.717) is 5.95 Å². The first kappa shape index (κ1) is 14.5. The van der Waals surface area contributed by atoms with Gasteiger partial charge in [-0.2, -0.15) is 0 Å². The minimum absolute atomic E-state index is 0.274. The highest BCUT2D eigenvalue weighted by atomic mass is 32.1. The number of rotatable bonds is 3. The van der Waals surface area contributed by atoms with E-state index in [0.717, 1.165) is 32.5 Å². The third kappa shape index (κ3) is 2.92. The minimum atomic E-state index is 0.274. The van der Waals surface area contributed by atoms with Crippen LogP contribution in [0.5, 0.6) is 5.75 Å². The lowest BCUT2D eigenvalue weighted by Crippen LogP contribution is -1.98. The molecule has 0 unspecified atom stereocenters. The number of aryl methyl sites for hydroxylation is 3. The van der Waals surface area contributed by atoms with Crippen LogP contribution in [-0.4, -0.2) is 20.1 Å². The van der Waals surface area contributed by atoms with E-state index in [-0.39, 0.29) is 5.75 Å². The topological polar surface area (TPSA) is 70.9 Å². The Kier molecular flexibility index (Phi) is 3.77. The molecule has 6 heteroatoms. The zero-order chi connectivity index (χ0) is 15.7. The van der Waals surface area contributed by atoms with E-state index in [1.807, 2.05) is 32.9 Å². The van der Waals surface area contributed by atoms with Crippen molar-refractivity contribution in [1.29, 1.82) is 0 Å². The number of hydrogen-bond donors (Lipinski definition) is 2. The summed E-state index contributed by atoms with van der Waals surface area (Å²) in [6, 6.07) is 7.18. The molecule has 0 spiro atoms. The van der Waals surface area contributed by atoms with Gasteiger partial charge in [-0.3, -0.25) is 0 Å². The normalized spacial score (nSPS) is 10.7. The molecule has 2 aromatic heterocycles. The van der Waals surface area contributed by atoms with Gasteiger partial charge >= 0.3 is 0 Å². The van der Waals surface area contributed by atoms with Crippen LogP contribution in [-0.2, 0) is 0 Å². The summed E-state index contributed by atoms with van der Waals surface area (Å²) < 4.78 is 0. The number of nitrogens with one attached hydrogen (secondary N) is 1. The van der Waals surface area contributed by atoms with E-state index >= 15 is 0 Å². The predicted octanol–water partition coefficient (Wildman–Crippen LogP) is 3.97. The van der Waals surface area contributed by atoms with Crippen LogP contribution in [0.25, 0.3) is 10.6 Å². The van der Waals surface area contributed by atoms with Crippen molar-refractivity contribution in [3.05, 3.63) is 46.7 Å². The van der Waals surface area contributed by atoms with Gasteiger partial charge < -0.3 is 10.4 Å². The lowest BCUT2D eigenvalue weighted by Gasteiger charge is -2.07. The summed E-state index contributed by atoms with van der Waals surface area (Å²) in [5.41, 5.74) is 3.48. The van der Waals surface area contributed by atoms with E-state index < -0.39 is 0 Å². The second-order valence-electron chi connectivity index (χ2n) is 5.04. The molecule has 0 bridgehead atoms. The fourth-order valence-corrected chi connectivity index (χ4v) is 3.07. The first-order chi connectivity index (χ1) is 10.5. The van der Waals surface area contributed by atoms with E-state index in [4.69, 9.17) is 0 Å². The number of phenolic OH excluding ortho intramolecular Hbond substituents is 1. The van der Waals surface area contributed by atoms with Crippen molar-refractivity contribution in [3.8, 4) is 16.3 Å². The molecule has 1 aromatic carbocycles. The number of thiazole rings is 1. The van der Waals surface area contributed by atoms with Gasteiger partial charge in [-0.15, -0.1) is 11.3 Å². The molecule has 0 saturated carbocycles. The summed E-state index contributed by atoms with van der Waals surface area (Å²) in [5, 5.41) is 13.8. The highest BCUT2D eigenvalue weighted by Gasteiger charge is 2.10. The fraction of sp³-hybridized carbons (Fsp3) is 0.188. The van der Waals surface area contributed by atoms with Gasteiger partial charge in [-0.1, -0.05) is 0 Å². The van der Waals surface area contributed by atoms with Crippen LogP contribution in [0.4, 0.5) is 11.6 Å². The average molecular weight is 312 g/mol. The lowest BCUT2D eigenvalue weighted by atomic mass is 10.2. The lowest BCUT2D eigenvalue weighted by molar-refractivity contribution is 0.471. The van der Waals surface area contributed by atoms with Crippen LogP contribution in [0.3, 0.4) is 0 Å². The Morgan fingerprint density at radius 1 is 1.09 bits per heavy atom. The highest BCUT2D eigenvalue weighted by molar-refractivity contribution is 7.15. The number of aromatic hydroxyl groups is 1. The van der Waals surface area contributed by atoms with Crippen LogP contribution >= 0.6 is 11.3 Å². The highest BCUT2D eigenvalue weighted by Crippen LogP contribution is 2.29. The number of anilines is 2. The summed E-state index contributed by atoms with van der Waals surface area (Å²) >= 11 is 1.62. The third-order valence-electron chi connectivity index (χ3n) is 3.24. The standard InChI is InChI=1S/C16H16N4OS/c1-9-8-12(4-5-14(9)21)19-16-17-7-6-13(20-16)15-10(2)18-11(3)22-15/h4-8,21H,1-3H3,(H,17,19,20). The van der Waals surface area contributed by atoms with Gasteiger partial charge in [0.15, 0.2) is 0 Å². The molecule has 5 nitrogen and oxygen atoms in total. The second-order valence-corrected chi connectivity index (χ2v) is 6.24. The van der Waals surface area contributed by atoms with Crippen LogP contribution in [0.2, 0.25) is 0 Å². The smallest absolute Gasteiger partial charge is 0.227 e. The largest absolute Gasteiger partial charge is 0.508 e. The Morgan fingerprint density at radius 3 is 2.59 bits per heavy atom. The first-order valence-corrected chi connectivity index (χ1v) is 7.68. The molecule has 0 aliphatic carbocycles. The Hall–Kier alpha value is -2.47. The van der Waals surface area contributed by atoms with Crippen LogP contribution in [0.1, 0.15) is 16.3 Å². The molecular formula is C16H16N4OS. The van der Waals surface area contributed by atoms with Crippen LogP contribution < -0.4 is 5.32 Å². The number of nitrogens with zero attached hydrogens (tertiary/aromatic N) is 3. The molecule has 0 atom stereocenters. The summed E-state index contributed by atoms with van der Waals surface area (Å²) in [7, 11) is 0. The van der Waals surface area contributed by atoms with Crippen molar-refractivity contribution < 1.29 is 5.11 Å². The molecule has 0 radical (unpaired) electrons. The molecule has 2 N–H and O–H groups in total. The molecule has 22 heavy (non-hydrogen) atoms. The van der Waals surface area contributed by atoms with Gasteiger partial charge in [0, 0.05) is 11.9 Å². The van der Waals surface area contributed by atoms with Crippen molar-refractivity contribution in [2.75, 3.05) is 5.32 Å². The number of aromatic nitrogens is 3. The van der Waals surface area contributed by atoms with E-state index in [1.54, 1.807) is 29.7 Å². The zero-order valence-corrected chi connectivity index (χ0v) is 13.4. The minimum Gasteiger partial charge on any atom is -0.508 e. The summed E-state index contributed by atoms with van der Waals surface area (Å²) in [4.78, 5) is 14.3. The summed E-state index contributed by atoms with van der Waals surface area (Å²) in [6.45, 7) is 5.82. The molecular weight excluding hydrogens is 296 g/mol. The first-order valence-electron chi connectivity index (χ1n) is 6.87. The monoisotopic (exact) mass is 312 g/mol. The molecule has 3 rings (SSSR count). The molecule has 0 aliphatic heterocycles. The molecule has 0 aliphatic rings. The maximum Gasteiger partial charge on any atom is 0.227 e. The predicted molar refractivity (Wildman–Crippen MR) is 88.7 cm³/mol. The van der Waals surface area contributed by atoms with Gasteiger partial charge in [0.05, 0.1) is 21.3 Å². The van der Waals surface area contributed by atoms with E-state index in [9.17, 15) is 5.11 Å². The van der Waals surface area contributed by atoms with E-state index in [1.165, 1.54) is 0 Å². The van der Waals surface area contributed by atoms with Gasteiger partial charge in [0.25, 0.3) is 0 Å². The van der Waals surface area contributed by atoms with Gasteiger partial charge in [0.2, 0.25) is 5.95 Å². The molecule has 0 amide bonds. The van der Waals surface area contributed by atoms with Crippen LogP contribution in [0, 0.1) is 20.8 Å². The SMILES string of the molecule is Cc1nc(C)c(-c2ccnc(Nc3ccc(O)c(C)c3)n2)s1. The molecule has 2 heterocycles. The quantitative estimate of drug-likeness (QED) is 0.716. The fourth-order valence-electron chi connectivity index (χ4n) is 2.18. The molecule has 3 aromatic rings. The van der Waals surface area contributed by atoms with E-state index in [2.05, 4.69) is 20.3 Å². The Bertz CT molecular complexity index is 829. The molecule has 0 saturated heterocycles. The average Bonchev–Trinajstić information content (AvgIpc) is 2.82. The summed E-state index contributed by atoms with van der Waals surface area (Å²) in [5.74, 6) is 0.795. The maximum atomic E-state index is 9.57. The van der Waals surface area contributed by atoms with Crippen LogP contribution in [0.15, 0.2) is 30.5 Å². The maximum absolute atomic E-state index is 9.57. The van der Waals surface area contributed by atoms with Crippen molar-refractivity contribution in [3.63, 3.8) is 0 Å². The molecule has 112 valence electrons. The number of phenols is 1. The van der Waals surface area contributed by atoms with Crippen molar-refractivity contribution in [1.82, 2.24) is 15.0 Å². The third-order valence-corrected chi connectivity index (χ3v) is 4.34. The van der Waals surface area contributed by atoms with Gasteiger partial charge in [0.1, 0.15) is 5.75 Å². The Balaban J connectivity index is 1.91. The van der Waals surface area contributed by atoms with Crippen molar-refractivity contribution >= 4 is 23.0 Å². The zero-order valence-electron chi connectivity index (χ0n) is 12.6. The summed E-state index contributed by atoms with van der Waals surface area (Å²) in [6.07, 6.45) is 1.73.